The van der Waals surface area contributed by atoms with Crippen LogP contribution in [0.2, 0.25) is 0 Å². The maximum atomic E-state index is 13.6. The lowest BCUT2D eigenvalue weighted by Crippen LogP contribution is -2.32. The second-order valence-corrected chi connectivity index (χ2v) is 10.6. The van der Waals surface area contributed by atoms with Gasteiger partial charge in [0.05, 0.1) is 29.7 Å². The van der Waals surface area contributed by atoms with Gasteiger partial charge < -0.3 is 14.5 Å². The molecule has 0 bridgehead atoms. The number of pyridine rings is 1. The summed E-state index contributed by atoms with van der Waals surface area (Å²) in [5, 5.41) is 2.62. The highest BCUT2D eigenvalue weighted by Gasteiger charge is 2.27. The normalized spacial score (nSPS) is 11.6. The smallest absolute Gasteiger partial charge is 0.338 e. The van der Waals surface area contributed by atoms with Crippen molar-refractivity contribution in [3.8, 4) is 5.75 Å². The van der Waals surface area contributed by atoms with Crippen LogP contribution < -0.4 is 10.3 Å². The zero-order valence-corrected chi connectivity index (χ0v) is 20.8. The number of carbonyl (C=O) groups is 1. The molecule has 10 heteroatoms. The van der Waals surface area contributed by atoms with Crippen molar-refractivity contribution in [2.24, 2.45) is 0 Å². The summed E-state index contributed by atoms with van der Waals surface area (Å²) in [7, 11) is -2.45. The number of benzene rings is 2. The highest BCUT2D eigenvalue weighted by molar-refractivity contribution is 7.89. The molecule has 0 aliphatic carbocycles. The summed E-state index contributed by atoms with van der Waals surface area (Å²) >= 11 is 1.43. The Bertz CT molecular complexity index is 1490. The van der Waals surface area contributed by atoms with Crippen molar-refractivity contribution in [1.29, 1.82) is 0 Å². The molecule has 0 amide bonds. The quantitative estimate of drug-likeness (QED) is 0.338. The Morgan fingerprint density at radius 1 is 1.06 bits per heavy atom. The van der Waals surface area contributed by atoms with E-state index in [1.165, 1.54) is 39.9 Å². The van der Waals surface area contributed by atoms with Gasteiger partial charge in [0.1, 0.15) is 5.75 Å². The van der Waals surface area contributed by atoms with E-state index in [9.17, 15) is 18.0 Å². The Morgan fingerprint density at radius 3 is 2.49 bits per heavy atom. The molecule has 0 spiro atoms. The van der Waals surface area contributed by atoms with Crippen LogP contribution in [-0.2, 0) is 27.8 Å². The molecule has 1 N–H and O–H groups in total. The van der Waals surface area contributed by atoms with Gasteiger partial charge in [-0.2, -0.15) is 4.31 Å². The SMILES string of the molecule is CCOC(=O)c1ccc(S(=O)(=O)N(Cc2cccs2)Cc2cc3ccc(OC)cc3[nH]c2=O)cc1. The second-order valence-electron chi connectivity index (χ2n) is 7.67. The van der Waals surface area contributed by atoms with E-state index in [0.717, 1.165) is 10.3 Å². The number of aromatic amines is 1. The largest absolute Gasteiger partial charge is 0.497 e. The van der Waals surface area contributed by atoms with E-state index in [-0.39, 0.29) is 35.7 Å². The van der Waals surface area contributed by atoms with Crippen LogP contribution in [-0.4, -0.2) is 37.4 Å². The van der Waals surface area contributed by atoms with E-state index in [1.807, 2.05) is 17.5 Å². The van der Waals surface area contributed by atoms with Gasteiger partial charge in [-0.1, -0.05) is 6.07 Å². The molecule has 0 unspecified atom stereocenters. The fourth-order valence-corrected chi connectivity index (χ4v) is 5.79. The first-order valence-electron chi connectivity index (χ1n) is 10.8. The topological polar surface area (TPSA) is 106 Å². The van der Waals surface area contributed by atoms with E-state index in [2.05, 4.69) is 4.98 Å². The molecule has 4 rings (SSSR count). The number of nitrogens with zero attached hydrogens (tertiary/aromatic N) is 1. The summed E-state index contributed by atoms with van der Waals surface area (Å²) in [4.78, 5) is 28.5. The average Bonchev–Trinajstić information content (AvgIpc) is 3.37. The number of methoxy groups -OCH3 is 1. The number of nitrogens with one attached hydrogen (secondary N) is 1. The summed E-state index contributed by atoms with van der Waals surface area (Å²) in [5.74, 6) is 0.0836. The third-order valence-electron chi connectivity index (χ3n) is 5.39. The predicted molar refractivity (Wildman–Crippen MR) is 134 cm³/mol. The van der Waals surface area contributed by atoms with Crippen LogP contribution in [0.4, 0.5) is 0 Å². The third kappa shape index (κ3) is 5.45. The van der Waals surface area contributed by atoms with Crippen molar-refractivity contribution < 1.29 is 22.7 Å². The number of H-pyrrole nitrogens is 1. The lowest BCUT2D eigenvalue weighted by molar-refractivity contribution is 0.0526. The number of fused-ring (bicyclic) bond motifs is 1. The molecule has 0 atom stereocenters. The Labute approximate surface area is 206 Å². The highest BCUT2D eigenvalue weighted by atomic mass is 32.2. The standard InChI is InChI=1S/C25H24N2O6S2/c1-3-33-25(29)17-7-10-22(11-8-17)35(30,31)27(16-21-5-4-12-34-21)15-19-13-18-6-9-20(32-2)14-23(18)26-24(19)28/h4-14H,3,15-16H2,1-2H3,(H,26,28). The van der Waals surface area contributed by atoms with Gasteiger partial charge in [-0.05, 0) is 66.2 Å². The van der Waals surface area contributed by atoms with Crippen LogP contribution in [0.1, 0.15) is 27.7 Å². The lowest BCUT2D eigenvalue weighted by Gasteiger charge is -2.22. The number of hydrogen-bond donors (Lipinski definition) is 1. The van der Waals surface area contributed by atoms with Gasteiger partial charge in [-0.3, -0.25) is 4.79 Å². The zero-order chi connectivity index (χ0) is 25.0. The Kier molecular flexibility index (Phi) is 7.34. The van der Waals surface area contributed by atoms with Crippen LogP contribution >= 0.6 is 11.3 Å². The molecule has 0 saturated carbocycles. The molecule has 2 heterocycles. The third-order valence-corrected chi connectivity index (χ3v) is 8.06. The lowest BCUT2D eigenvalue weighted by atomic mass is 10.1. The van der Waals surface area contributed by atoms with Crippen molar-refractivity contribution in [2.45, 2.75) is 24.9 Å². The van der Waals surface area contributed by atoms with Gasteiger partial charge in [-0.15, -0.1) is 11.3 Å². The summed E-state index contributed by atoms with van der Waals surface area (Å²) < 4.78 is 38.7. The van der Waals surface area contributed by atoms with E-state index in [4.69, 9.17) is 9.47 Å². The van der Waals surface area contributed by atoms with E-state index in [0.29, 0.717) is 16.8 Å². The number of ether oxygens (including phenoxy) is 2. The first kappa shape index (κ1) is 24.6. The predicted octanol–water partition coefficient (Wildman–Crippen LogP) is 4.17. The molecule has 35 heavy (non-hydrogen) atoms. The van der Waals surface area contributed by atoms with Crippen LogP contribution in [0.25, 0.3) is 10.9 Å². The molecule has 4 aromatic rings. The molecule has 0 radical (unpaired) electrons. The molecule has 182 valence electrons. The van der Waals surface area contributed by atoms with Gasteiger partial charge in [0.25, 0.3) is 5.56 Å². The second kappa shape index (κ2) is 10.4. The molecule has 2 aromatic heterocycles. The molecular formula is C25H24N2O6S2. The summed E-state index contributed by atoms with van der Waals surface area (Å²) in [6.07, 6.45) is 0. The van der Waals surface area contributed by atoms with Gasteiger partial charge in [0.2, 0.25) is 10.0 Å². The number of thiophene rings is 1. The number of hydrogen-bond acceptors (Lipinski definition) is 7. The summed E-state index contributed by atoms with van der Waals surface area (Å²) in [6, 6.07) is 16.3. The molecule has 0 fully saturated rings. The molecule has 0 saturated heterocycles. The zero-order valence-electron chi connectivity index (χ0n) is 19.2. The van der Waals surface area contributed by atoms with Crippen molar-refractivity contribution >= 4 is 38.2 Å². The number of esters is 1. The molecule has 0 aliphatic rings. The minimum Gasteiger partial charge on any atom is -0.497 e. The van der Waals surface area contributed by atoms with Crippen molar-refractivity contribution in [3.05, 3.63) is 92.4 Å². The summed E-state index contributed by atoms with van der Waals surface area (Å²) in [6.45, 7) is 1.89. The van der Waals surface area contributed by atoms with Gasteiger partial charge >= 0.3 is 5.97 Å². The number of rotatable bonds is 9. The average molecular weight is 513 g/mol. The number of sulfonamides is 1. The fraction of sp³-hybridized carbons (Fsp3) is 0.200. The minimum atomic E-state index is -4.00. The van der Waals surface area contributed by atoms with Crippen molar-refractivity contribution in [2.75, 3.05) is 13.7 Å². The van der Waals surface area contributed by atoms with Gasteiger partial charge in [-0.25, -0.2) is 13.2 Å². The Hall–Kier alpha value is -3.47. The number of carbonyl (C=O) groups excluding carboxylic acids is 1. The van der Waals surface area contributed by atoms with Crippen molar-refractivity contribution in [3.63, 3.8) is 0 Å². The summed E-state index contributed by atoms with van der Waals surface area (Å²) in [5.41, 5.74) is 0.790. The van der Waals surface area contributed by atoms with Crippen LogP contribution in [0, 0.1) is 0 Å². The molecule has 0 aliphatic heterocycles. The highest BCUT2D eigenvalue weighted by Crippen LogP contribution is 2.24. The molecular weight excluding hydrogens is 488 g/mol. The maximum Gasteiger partial charge on any atom is 0.338 e. The molecule has 8 nitrogen and oxygen atoms in total. The Morgan fingerprint density at radius 2 is 1.83 bits per heavy atom. The minimum absolute atomic E-state index is 0.0176. The van der Waals surface area contributed by atoms with Gasteiger partial charge in [0, 0.05) is 29.6 Å². The first-order valence-corrected chi connectivity index (χ1v) is 13.1. The van der Waals surface area contributed by atoms with E-state index >= 15 is 0 Å². The first-order chi connectivity index (χ1) is 16.8. The van der Waals surface area contributed by atoms with Gasteiger partial charge in [0.15, 0.2) is 0 Å². The monoisotopic (exact) mass is 512 g/mol. The van der Waals surface area contributed by atoms with Crippen LogP contribution in [0.15, 0.2) is 75.7 Å². The van der Waals surface area contributed by atoms with E-state index < -0.39 is 16.0 Å². The molecule has 2 aromatic carbocycles. The maximum absolute atomic E-state index is 13.6. The van der Waals surface area contributed by atoms with Crippen molar-refractivity contribution in [1.82, 2.24) is 9.29 Å². The van der Waals surface area contributed by atoms with Crippen LogP contribution in [0.5, 0.6) is 5.75 Å². The number of aromatic nitrogens is 1. The van der Waals surface area contributed by atoms with E-state index in [1.54, 1.807) is 38.3 Å². The Balaban J connectivity index is 1.70. The van der Waals surface area contributed by atoms with Crippen LogP contribution in [0.3, 0.4) is 0 Å². The fourth-order valence-electron chi connectivity index (χ4n) is 3.59.